The van der Waals surface area contributed by atoms with E-state index < -0.39 is 6.10 Å². The van der Waals surface area contributed by atoms with Gasteiger partial charge in [0.15, 0.2) is 6.10 Å². The summed E-state index contributed by atoms with van der Waals surface area (Å²) in [5.41, 5.74) is 0. The van der Waals surface area contributed by atoms with Crippen LogP contribution >= 0.6 is 0 Å². The molecule has 6 nitrogen and oxygen atoms in total. The highest BCUT2D eigenvalue weighted by Crippen LogP contribution is 2.18. The van der Waals surface area contributed by atoms with Crippen molar-refractivity contribution in [1.29, 1.82) is 0 Å². The number of ether oxygens (including phenoxy) is 3. The summed E-state index contributed by atoms with van der Waals surface area (Å²) in [6.07, 6.45) is 74.9. The second-order valence-corrected chi connectivity index (χ2v) is 22.4. The molecule has 0 radical (unpaired) electrons. The van der Waals surface area contributed by atoms with Crippen molar-refractivity contribution in [3.8, 4) is 0 Å². The van der Waals surface area contributed by atoms with E-state index in [9.17, 15) is 14.4 Å². The number of hydrogen-bond acceptors (Lipinski definition) is 6. The van der Waals surface area contributed by atoms with Crippen molar-refractivity contribution in [2.24, 2.45) is 0 Å². The van der Waals surface area contributed by atoms with Gasteiger partial charge < -0.3 is 14.2 Å². The van der Waals surface area contributed by atoms with Crippen molar-refractivity contribution < 1.29 is 28.6 Å². The molecule has 0 rings (SSSR count). The van der Waals surface area contributed by atoms with Crippen LogP contribution in [-0.4, -0.2) is 37.2 Å². The summed E-state index contributed by atoms with van der Waals surface area (Å²) in [4.78, 5) is 38.2. The van der Waals surface area contributed by atoms with Crippen LogP contribution in [0.25, 0.3) is 0 Å². The molecule has 0 aromatic carbocycles. The summed E-state index contributed by atoms with van der Waals surface area (Å²) < 4.78 is 16.9. The molecule has 0 aliphatic carbocycles. The van der Waals surface area contributed by atoms with Gasteiger partial charge in [-0.3, -0.25) is 14.4 Å². The average Bonchev–Trinajstić information content (AvgIpc) is 3.39. The lowest BCUT2D eigenvalue weighted by Gasteiger charge is -2.18. The van der Waals surface area contributed by atoms with E-state index in [0.717, 1.165) is 83.5 Å². The monoisotopic (exact) mass is 1030 g/mol. The Morgan fingerprint density at radius 2 is 0.521 bits per heavy atom. The molecule has 0 aliphatic rings. The van der Waals surface area contributed by atoms with Crippen LogP contribution in [0.4, 0.5) is 0 Å². The summed E-state index contributed by atoms with van der Waals surface area (Å²) in [5.74, 6) is -0.858. The maximum Gasteiger partial charge on any atom is 0.306 e. The molecule has 0 amide bonds. The van der Waals surface area contributed by atoms with Crippen molar-refractivity contribution in [1.82, 2.24) is 0 Å². The van der Waals surface area contributed by atoms with Crippen LogP contribution in [0, 0.1) is 0 Å². The predicted octanol–water partition coefficient (Wildman–Crippen LogP) is 22.2. The molecule has 0 heterocycles. The molecule has 0 aromatic heterocycles. The molecule has 73 heavy (non-hydrogen) atoms. The van der Waals surface area contributed by atoms with Gasteiger partial charge in [0.2, 0.25) is 0 Å². The SMILES string of the molecule is CCC/C=C\C/C=C\CCCCCCCC(=O)OCC(COC(=O)CCCCCCCCCCCCCCCCCCCCCCCCCCCCC)OC(=O)CCCCCCCCCCCCCCCCC. The third kappa shape index (κ3) is 60.6. The first-order valence-corrected chi connectivity index (χ1v) is 32.8. The Morgan fingerprint density at radius 3 is 0.808 bits per heavy atom. The van der Waals surface area contributed by atoms with Crippen molar-refractivity contribution in [3.05, 3.63) is 24.3 Å². The number of hydrogen-bond donors (Lipinski definition) is 0. The molecule has 0 saturated carbocycles. The minimum absolute atomic E-state index is 0.0698. The van der Waals surface area contributed by atoms with Crippen molar-refractivity contribution in [2.75, 3.05) is 13.2 Å². The first kappa shape index (κ1) is 70.9. The molecular weight excluding hydrogens is 901 g/mol. The van der Waals surface area contributed by atoms with E-state index in [4.69, 9.17) is 14.2 Å². The molecule has 0 bridgehead atoms. The molecule has 0 aliphatic heterocycles. The third-order valence-corrected chi connectivity index (χ3v) is 14.9. The summed E-state index contributed by atoms with van der Waals surface area (Å²) in [5, 5.41) is 0. The van der Waals surface area contributed by atoms with Crippen LogP contribution in [0.2, 0.25) is 0 Å². The lowest BCUT2D eigenvalue weighted by molar-refractivity contribution is -0.167. The van der Waals surface area contributed by atoms with Crippen LogP contribution in [-0.2, 0) is 28.6 Å². The maximum atomic E-state index is 12.9. The Hall–Kier alpha value is -2.11. The van der Waals surface area contributed by atoms with Crippen LogP contribution < -0.4 is 0 Å². The van der Waals surface area contributed by atoms with Gasteiger partial charge in [-0.15, -0.1) is 0 Å². The minimum Gasteiger partial charge on any atom is -0.462 e. The van der Waals surface area contributed by atoms with Crippen LogP contribution in [0.5, 0.6) is 0 Å². The van der Waals surface area contributed by atoms with Crippen molar-refractivity contribution >= 4 is 17.9 Å². The summed E-state index contributed by atoms with van der Waals surface area (Å²) in [6.45, 7) is 6.63. The maximum absolute atomic E-state index is 12.9. The summed E-state index contributed by atoms with van der Waals surface area (Å²) in [7, 11) is 0. The van der Waals surface area contributed by atoms with Gasteiger partial charge >= 0.3 is 17.9 Å². The molecule has 0 N–H and O–H groups in total. The molecule has 430 valence electrons. The van der Waals surface area contributed by atoms with E-state index in [1.807, 2.05) is 0 Å². The number of rotatable bonds is 61. The first-order chi connectivity index (χ1) is 36.0. The largest absolute Gasteiger partial charge is 0.462 e. The van der Waals surface area contributed by atoms with Crippen molar-refractivity contribution in [3.63, 3.8) is 0 Å². The Labute approximate surface area is 455 Å². The molecule has 0 aromatic rings. The Balaban J connectivity index is 4.16. The smallest absolute Gasteiger partial charge is 0.306 e. The molecule has 0 fully saturated rings. The first-order valence-electron chi connectivity index (χ1n) is 32.8. The fourth-order valence-corrected chi connectivity index (χ4v) is 10.0. The summed E-state index contributed by atoms with van der Waals surface area (Å²) >= 11 is 0. The van der Waals surface area contributed by atoms with Gasteiger partial charge in [-0.05, 0) is 44.9 Å². The number of carbonyl (C=O) groups excluding carboxylic acids is 3. The topological polar surface area (TPSA) is 78.9 Å². The van der Waals surface area contributed by atoms with Gasteiger partial charge in [0.05, 0.1) is 0 Å². The highest BCUT2D eigenvalue weighted by atomic mass is 16.6. The zero-order chi connectivity index (χ0) is 52.9. The average molecular weight is 1030 g/mol. The van der Waals surface area contributed by atoms with E-state index in [-0.39, 0.29) is 31.1 Å². The molecular formula is C67H126O6. The second-order valence-electron chi connectivity index (χ2n) is 22.4. The predicted molar refractivity (Wildman–Crippen MR) is 316 cm³/mol. The van der Waals surface area contributed by atoms with Crippen LogP contribution in [0.15, 0.2) is 24.3 Å². The van der Waals surface area contributed by atoms with Gasteiger partial charge in [-0.2, -0.15) is 0 Å². The highest BCUT2D eigenvalue weighted by molar-refractivity contribution is 5.71. The quantitative estimate of drug-likeness (QED) is 0.0261. The fraction of sp³-hybridized carbons (Fsp3) is 0.896. The van der Waals surface area contributed by atoms with E-state index in [0.29, 0.717) is 19.3 Å². The molecule has 1 unspecified atom stereocenters. The van der Waals surface area contributed by atoms with Gasteiger partial charge in [-0.1, -0.05) is 328 Å². The highest BCUT2D eigenvalue weighted by Gasteiger charge is 2.19. The lowest BCUT2D eigenvalue weighted by atomic mass is 10.0. The molecule has 6 heteroatoms. The van der Waals surface area contributed by atoms with Crippen LogP contribution in [0.1, 0.15) is 367 Å². The molecule has 0 saturated heterocycles. The van der Waals surface area contributed by atoms with Gasteiger partial charge in [0, 0.05) is 19.3 Å². The molecule has 1 atom stereocenters. The van der Waals surface area contributed by atoms with Gasteiger partial charge in [0.1, 0.15) is 13.2 Å². The lowest BCUT2D eigenvalue weighted by Crippen LogP contribution is -2.30. The van der Waals surface area contributed by atoms with Crippen molar-refractivity contribution in [2.45, 2.75) is 374 Å². The zero-order valence-corrected chi connectivity index (χ0v) is 49.4. The van der Waals surface area contributed by atoms with E-state index >= 15 is 0 Å². The normalized spacial score (nSPS) is 12.1. The molecule has 0 spiro atoms. The van der Waals surface area contributed by atoms with Crippen LogP contribution in [0.3, 0.4) is 0 Å². The van der Waals surface area contributed by atoms with E-state index in [1.165, 1.54) is 244 Å². The van der Waals surface area contributed by atoms with Gasteiger partial charge in [0.25, 0.3) is 0 Å². The zero-order valence-electron chi connectivity index (χ0n) is 49.4. The second kappa shape index (κ2) is 62.4. The standard InChI is InChI=1S/C67H126O6/c1-4-7-10-13-16-19-22-25-27-28-29-30-31-32-33-34-35-36-37-38-40-42-45-48-51-54-57-60-66(69)72-63-64(62-71-65(68)59-56-53-50-47-44-41-24-21-18-15-12-9-6-3)73-67(70)61-58-55-52-49-46-43-39-26-23-20-17-14-11-8-5-2/h12,15,21,24,64H,4-11,13-14,16-20,22-23,25-63H2,1-3H3/b15-12-,24-21-. The Kier molecular flexibility index (Phi) is 60.6. The minimum atomic E-state index is -0.772. The van der Waals surface area contributed by atoms with E-state index in [2.05, 4.69) is 45.1 Å². The summed E-state index contributed by atoms with van der Waals surface area (Å²) in [6, 6.07) is 0. The Bertz CT molecular complexity index is 1180. The van der Waals surface area contributed by atoms with Gasteiger partial charge in [-0.25, -0.2) is 0 Å². The number of unbranched alkanes of at least 4 members (excludes halogenated alkanes) is 46. The fourth-order valence-electron chi connectivity index (χ4n) is 10.0. The van der Waals surface area contributed by atoms with E-state index in [1.54, 1.807) is 0 Å². The number of carbonyl (C=O) groups is 3. The third-order valence-electron chi connectivity index (χ3n) is 14.9. The Morgan fingerprint density at radius 1 is 0.274 bits per heavy atom. The number of allylic oxidation sites excluding steroid dienone is 4. The number of esters is 3.